The smallest absolute Gasteiger partial charge is 0.244 e. The minimum absolute atomic E-state index is 0.0452. The van der Waals surface area contributed by atoms with Crippen LogP contribution in [0.4, 0.5) is 10.1 Å². The molecule has 154 valence electrons. The molecule has 0 spiro atoms. The van der Waals surface area contributed by atoms with E-state index in [-0.39, 0.29) is 17.9 Å². The van der Waals surface area contributed by atoms with E-state index in [1.165, 1.54) is 16.4 Å². The lowest BCUT2D eigenvalue weighted by atomic mass is 9.95. The van der Waals surface area contributed by atoms with Gasteiger partial charge in [-0.05, 0) is 60.0 Å². The van der Waals surface area contributed by atoms with E-state index in [0.29, 0.717) is 10.7 Å². The van der Waals surface area contributed by atoms with Gasteiger partial charge in [0.25, 0.3) is 0 Å². The van der Waals surface area contributed by atoms with Crippen LogP contribution in [0, 0.1) is 5.82 Å². The zero-order valence-corrected chi connectivity index (χ0v) is 17.3. The Balaban J connectivity index is 1.71. The normalized spacial score (nSPS) is 16.7. The highest BCUT2D eigenvalue weighted by Crippen LogP contribution is 2.30. The van der Waals surface area contributed by atoms with Crippen molar-refractivity contribution in [2.24, 2.45) is 0 Å². The van der Waals surface area contributed by atoms with Gasteiger partial charge in [0, 0.05) is 17.3 Å². The highest BCUT2D eigenvalue weighted by molar-refractivity contribution is 7.89. The van der Waals surface area contributed by atoms with Crippen LogP contribution in [0.25, 0.3) is 0 Å². The summed E-state index contributed by atoms with van der Waals surface area (Å²) in [5.41, 5.74) is 2.22. The van der Waals surface area contributed by atoms with E-state index in [1.54, 1.807) is 24.3 Å². The molecule has 0 radical (unpaired) electrons. The number of hydrogen-bond acceptors (Lipinski definition) is 3. The molecule has 0 fully saturated rings. The van der Waals surface area contributed by atoms with Crippen LogP contribution in [0.3, 0.4) is 0 Å². The van der Waals surface area contributed by atoms with Gasteiger partial charge >= 0.3 is 0 Å². The van der Waals surface area contributed by atoms with Crippen molar-refractivity contribution in [2.45, 2.75) is 23.9 Å². The van der Waals surface area contributed by atoms with Crippen molar-refractivity contribution < 1.29 is 17.6 Å². The second kappa shape index (κ2) is 8.18. The lowest BCUT2D eigenvalue weighted by Gasteiger charge is -2.35. The Labute approximate surface area is 179 Å². The second-order valence-electron chi connectivity index (χ2n) is 6.99. The van der Waals surface area contributed by atoms with Gasteiger partial charge in [-0.2, -0.15) is 4.31 Å². The van der Waals surface area contributed by atoms with E-state index in [2.05, 4.69) is 5.32 Å². The van der Waals surface area contributed by atoms with Crippen molar-refractivity contribution >= 4 is 33.2 Å². The summed E-state index contributed by atoms with van der Waals surface area (Å²) in [6, 6.07) is 17.7. The van der Waals surface area contributed by atoms with Crippen LogP contribution < -0.4 is 5.32 Å². The third-order valence-electron chi connectivity index (χ3n) is 5.02. The average Bonchev–Trinajstić information content (AvgIpc) is 2.73. The number of amides is 1. The number of rotatable bonds is 4. The van der Waals surface area contributed by atoms with Crippen LogP contribution in [-0.2, 0) is 27.8 Å². The third kappa shape index (κ3) is 4.09. The number of benzene rings is 3. The summed E-state index contributed by atoms with van der Waals surface area (Å²) in [5.74, 6) is -0.995. The lowest BCUT2D eigenvalue weighted by molar-refractivity contribution is -0.120. The molecule has 1 N–H and O–H groups in total. The number of hydrogen-bond donors (Lipinski definition) is 1. The van der Waals surface area contributed by atoms with Crippen LogP contribution in [0.2, 0.25) is 5.02 Å². The summed E-state index contributed by atoms with van der Waals surface area (Å²) in [6.45, 7) is 0.0452. The van der Waals surface area contributed by atoms with Gasteiger partial charge in [-0.1, -0.05) is 41.9 Å². The molecule has 0 aliphatic carbocycles. The maximum atomic E-state index is 13.3. The largest absolute Gasteiger partial charge is 0.325 e. The van der Waals surface area contributed by atoms with Gasteiger partial charge in [-0.25, -0.2) is 12.8 Å². The Morgan fingerprint density at radius 3 is 2.40 bits per heavy atom. The standard InChI is InChI=1S/C22H18ClFN2O3S/c23-17-6-3-7-19(13-17)25-22(27)21-12-15-4-1-2-5-16(15)14-26(21)30(28,29)20-10-8-18(24)9-11-20/h1-11,13,21H,12,14H2,(H,25,27). The van der Waals surface area contributed by atoms with Gasteiger partial charge in [0.1, 0.15) is 11.9 Å². The van der Waals surface area contributed by atoms with Crippen molar-refractivity contribution in [1.29, 1.82) is 0 Å². The van der Waals surface area contributed by atoms with E-state index >= 15 is 0 Å². The maximum Gasteiger partial charge on any atom is 0.244 e. The Bertz CT molecular complexity index is 1200. The molecule has 1 amide bonds. The van der Waals surface area contributed by atoms with Crippen molar-refractivity contribution in [2.75, 3.05) is 5.32 Å². The molecule has 1 aliphatic rings. The Hall–Kier alpha value is -2.74. The molecule has 30 heavy (non-hydrogen) atoms. The molecule has 0 saturated carbocycles. The van der Waals surface area contributed by atoms with Gasteiger partial charge in [-0.15, -0.1) is 0 Å². The minimum Gasteiger partial charge on any atom is -0.325 e. The first-order chi connectivity index (χ1) is 14.3. The van der Waals surface area contributed by atoms with E-state index in [9.17, 15) is 17.6 Å². The zero-order valence-electron chi connectivity index (χ0n) is 15.8. The first-order valence-electron chi connectivity index (χ1n) is 9.25. The molecular formula is C22H18ClFN2O3S. The monoisotopic (exact) mass is 444 g/mol. The summed E-state index contributed by atoms with van der Waals surface area (Å²) >= 11 is 5.99. The summed E-state index contributed by atoms with van der Waals surface area (Å²) in [7, 11) is -4.04. The van der Waals surface area contributed by atoms with Crippen LogP contribution in [0.5, 0.6) is 0 Å². The fraction of sp³-hybridized carbons (Fsp3) is 0.136. The molecular weight excluding hydrogens is 427 g/mol. The molecule has 1 heterocycles. The van der Waals surface area contributed by atoms with Crippen molar-refractivity contribution in [3.8, 4) is 0 Å². The first kappa shape index (κ1) is 20.5. The number of halogens is 2. The molecule has 0 aromatic heterocycles. The van der Waals surface area contributed by atoms with Crippen LogP contribution in [0.15, 0.2) is 77.7 Å². The number of carbonyl (C=O) groups excluding carboxylic acids is 1. The number of nitrogens with one attached hydrogen (secondary N) is 1. The Morgan fingerprint density at radius 1 is 1.00 bits per heavy atom. The van der Waals surface area contributed by atoms with Gasteiger partial charge < -0.3 is 5.32 Å². The first-order valence-corrected chi connectivity index (χ1v) is 11.1. The minimum atomic E-state index is -4.04. The molecule has 1 unspecified atom stereocenters. The van der Waals surface area contributed by atoms with Crippen molar-refractivity contribution in [3.05, 3.63) is 94.8 Å². The number of nitrogens with zero attached hydrogens (tertiary/aromatic N) is 1. The van der Waals surface area contributed by atoms with Gasteiger partial charge in [0.05, 0.1) is 4.90 Å². The lowest BCUT2D eigenvalue weighted by Crippen LogP contribution is -2.50. The predicted molar refractivity (Wildman–Crippen MR) is 113 cm³/mol. The fourth-order valence-electron chi connectivity index (χ4n) is 3.51. The molecule has 5 nitrogen and oxygen atoms in total. The number of carbonyl (C=O) groups is 1. The number of anilines is 1. The third-order valence-corrected chi connectivity index (χ3v) is 7.12. The second-order valence-corrected chi connectivity index (χ2v) is 9.32. The molecule has 1 atom stereocenters. The summed E-state index contributed by atoms with van der Waals surface area (Å²) < 4.78 is 41.1. The SMILES string of the molecule is O=C(Nc1cccc(Cl)c1)C1Cc2ccccc2CN1S(=O)(=O)c1ccc(F)cc1. The Kier molecular flexibility index (Phi) is 5.60. The van der Waals surface area contributed by atoms with Gasteiger partial charge in [0.2, 0.25) is 15.9 Å². The summed E-state index contributed by atoms with van der Waals surface area (Å²) in [4.78, 5) is 13.0. The zero-order chi connectivity index (χ0) is 21.3. The van der Waals surface area contributed by atoms with Gasteiger partial charge in [0.15, 0.2) is 0 Å². The number of fused-ring (bicyclic) bond motifs is 1. The maximum absolute atomic E-state index is 13.3. The van der Waals surface area contributed by atoms with Crippen LogP contribution >= 0.6 is 11.6 Å². The quantitative estimate of drug-likeness (QED) is 0.654. The molecule has 0 bridgehead atoms. The topological polar surface area (TPSA) is 66.5 Å². The Morgan fingerprint density at radius 2 is 1.70 bits per heavy atom. The van der Waals surface area contributed by atoms with E-state index in [1.807, 2.05) is 24.3 Å². The highest BCUT2D eigenvalue weighted by Gasteiger charge is 2.39. The average molecular weight is 445 g/mol. The van der Waals surface area contributed by atoms with Crippen molar-refractivity contribution in [3.63, 3.8) is 0 Å². The van der Waals surface area contributed by atoms with Crippen LogP contribution in [0.1, 0.15) is 11.1 Å². The summed E-state index contributed by atoms with van der Waals surface area (Å²) in [6.07, 6.45) is 0.225. The highest BCUT2D eigenvalue weighted by atomic mass is 35.5. The van der Waals surface area contributed by atoms with Crippen LogP contribution in [-0.4, -0.2) is 24.7 Å². The van der Waals surface area contributed by atoms with E-state index < -0.39 is 27.8 Å². The fourth-order valence-corrected chi connectivity index (χ4v) is 5.26. The number of sulfonamides is 1. The molecule has 1 aliphatic heterocycles. The molecule has 3 aromatic carbocycles. The van der Waals surface area contributed by atoms with E-state index in [0.717, 1.165) is 23.3 Å². The predicted octanol–water partition coefficient (Wildman–Crippen LogP) is 4.23. The van der Waals surface area contributed by atoms with Crippen molar-refractivity contribution in [1.82, 2.24) is 4.31 Å². The molecule has 3 aromatic rings. The summed E-state index contributed by atoms with van der Waals surface area (Å²) in [5, 5.41) is 3.21. The van der Waals surface area contributed by atoms with E-state index in [4.69, 9.17) is 11.6 Å². The molecule has 4 rings (SSSR count). The molecule has 8 heteroatoms. The molecule has 0 saturated heterocycles. The van der Waals surface area contributed by atoms with Gasteiger partial charge in [-0.3, -0.25) is 4.79 Å².